The van der Waals surface area contributed by atoms with E-state index in [2.05, 4.69) is 20.8 Å². The van der Waals surface area contributed by atoms with Gasteiger partial charge in [-0.3, -0.25) is 9.59 Å². The summed E-state index contributed by atoms with van der Waals surface area (Å²) in [6.45, 7) is 6.68. The minimum Gasteiger partial charge on any atom is -0.459 e. The molecule has 7 atom stereocenters. The van der Waals surface area contributed by atoms with E-state index in [4.69, 9.17) is 9.47 Å². The van der Waals surface area contributed by atoms with Gasteiger partial charge in [0.1, 0.15) is 17.5 Å². The minimum atomic E-state index is -0.478. The summed E-state index contributed by atoms with van der Waals surface area (Å²) < 4.78 is 12.8. The zero-order valence-corrected chi connectivity index (χ0v) is 14.3. The van der Waals surface area contributed by atoms with E-state index in [1.54, 1.807) is 0 Å². The Bertz CT molecular complexity index is 610. The Kier molecular flexibility index (Phi) is 2.52. The molecule has 23 heavy (non-hydrogen) atoms. The monoisotopic (exact) mass is 318 g/mol. The number of fused-ring (bicyclic) bond motifs is 5. The first-order chi connectivity index (χ1) is 10.8. The molecule has 1 spiro atoms. The molecule has 4 heteroatoms. The smallest absolute Gasteiger partial charge is 0.312 e. The van der Waals surface area contributed by atoms with Crippen LogP contribution in [0, 0.1) is 28.6 Å². The van der Waals surface area contributed by atoms with Gasteiger partial charge in [-0.15, -0.1) is 0 Å². The molecule has 4 nitrogen and oxygen atoms in total. The van der Waals surface area contributed by atoms with Crippen LogP contribution in [0.25, 0.3) is 0 Å². The second kappa shape index (κ2) is 4.01. The van der Waals surface area contributed by atoms with Gasteiger partial charge in [0.15, 0.2) is 0 Å². The number of rotatable bonds is 0. The van der Waals surface area contributed by atoms with Crippen molar-refractivity contribution in [3.63, 3.8) is 0 Å². The normalized spacial score (nSPS) is 56.0. The molecule has 5 rings (SSSR count). The van der Waals surface area contributed by atoms with Gasteiger partial charge in [-0.2, -0.15) is 0 Å². The third kappa shape index (κ3) is 1.40. The highest BCUT2D eigenvalue weighted by Gasteiger charge is 2.77. The van der Waals surface area contributed by atoms with Gasteiger partial charge in [-0.1, -0.05) is 27.2 Å². The van der Waals surface area contributed by atoms with E-state index in [0.717, 1.165) is 32.1 Å². The fraction of sp³-hybridized carbons (Fsp3) is 0.895. The van der Waals surface area contributed by atoms with Gasteiger partial charge >= 0.3 is 5.97 Å². The van der Waals surface area contributed by atoms with Gasteiger partial charge in [0.2, 0.25) is 0 Å². The second-order valence-corrected chi connectivity index (χ2v) is 9.43. The highest BCUT2D eigenvalue weighted by Crippen LogP contribution is 2.69. The average molecular weight is 318 g/mol. The standard InChI is InChI=1S/C19H26O4/c1-17(2)10-6-7-12(20)14(17)13-9-18(3)8-4-5-11-16(21)22-15(10)19(11,18)23-13/h10-11,13-15H,4-9H2,1-3H3/t10-,11?,13?,14?,15?,18-,19?/m0/s1. The molecule has 4 bridgehead atoms. The number of ketones is 1. The van der Waals surface area contributed by atoms with E-state index >= 15 is 0 Å². The quantitative estimate of drug-likeness (QED) is 0.645. The molecule has 3 heterocycles. The van der Waals surface area contributed by atoms with E-state index in [1.807, 2.05) is 0 Å². The lowest BCUT2D eigenvalue weighted by molar-refractivity contribution is -0.162. The molecule has 2 saturated carbocycles. The molecule has 5 aliphatic rings. The molecule has 3 saturated heterocycles. The number of Topliss-reactive ketones (excluding diaryl/α,β-unsaturated/α-hetero) is 1. The van der Waals surface area contributed by atoms with Crippen LogP contribution in [0.2, 0.25) is 0 Å². The summed E-state index contributed by atoms with van der Waals surface area (Å²) in [5.41, 5.74) is -0.654. The van der Waals surface area contributed by atoms with Crippen molar-refractivity contribution in [2.45, 2.75) is 77.1 Å². The molecule has 0 N–H and O–H groups in total. The number of hydrogen-bond donors (Lipinski definition) is 0. The second-order valence-electron chi connectivity index (χ2n) is 9.43. The molecule has 5 fully saturated rings. The van der Waals surface area contributed by atoms with Crippen LogP contribution in [0.1, 0.15) is 59.3 Å². The van der Waals surface area contributed by atoms with Crippen molar-refractivity contribution in [1.82, 2.24) is 0 Å². The Labute approximate surface area is 137 Å². The maximum atomic E-state index is 12.8. The fourth-order valence-electron chi connectivity index (χ4n) is 7.21. The maximum absolute atomic E-state index is 12.8. The molecular weight excluding hydrogens is 292 g/mol. The molecule has 0 aromatic carbocycles. The summed E-state index contributed by atoms with van der Waals surface area (Å²) in [7, 11) is 0. The summed E-state index contributed by atoms with van der Waals surface area (Å²) in [5.74, 6) is 0.386. The Morgan fingerprint density at radius 1 is 1.13 bits per heavy atom. The summed E-state index contributed by atoms with van der Waals surface area (Å²) >= 11 is 0. The van der Waals surface area contributed by atoms with Gasteiger partial charge in [-0.05, 0) is 31.1 Å². The predicted molar refractivity (Wildman–Crippen MR) is 82.6 cm³/mol. The van der Waals surface area contributed by atoms with Gasteiger partial charge in [0, 0.05) is 23.7 Å². The van der Waals surface area contributed by atoms with Crippen molar-refractivity contribution in [3.8, 4) is 0 Å². The van der Waals surface area contributed by atoms with E-state index in [1.165, 1.54) is 0 Å². The Morgan fingerprint density at radius 3 is 2.70 bits per heavy atom. The van der Waals surface area contributed by atoms with Crippen LogP contribution in [-0.2, 0) is 19.1 Å². The maximum Gasteiger partial charge on any atom is 0.312 e. The van der Waals surface area contributed by atoms with Crippen LogP contribution in [0.4, 0.5) is 0 Å². The first-order valence-corrected chi connectivity index (χ1v) is 9.22. The lowest BCUT2D eigenvalue weighted by Gasteiger charge is -2.53. The van der Waals surface area contributed by atoms with Gasteiger partial charge in [0.05, 0.1) is 12.0 Å². The van der Waals surface area contributed by atoms with Crippen LogP contribution in [-0.4, -0.2) is 29.6 Å². The number of carbonyl (C=O) groups excluding carboxylic acids is 2. The van der Waals surface area contributed by atoms with Crippen molar-refractivity contribution in [2.75, 3.05) is 0 Å². The Morgan fingerprint density at radius 2 is 1.91 bits per heavy atom. The summed E-state index contributed by atoms with van der Waals surface area (Å²) in [6.07, 6.45) is 5.18. The third-order valence-corrected chi connectivity index (χ3v) is 8.17. The van der Waals surface area contributed by atoms with E-state index in [0.29, 0.717) is 12.2 Å². The largest absolute Gasteiger partial charge is 0.459 e. The van der Waals surface area contributed by atoms with Crippen LogP contribution in [0.15, 0.2) is 0 Å². The molecule has 5 unspecified atom stereocenters. The topological polar surface area (TPSA) is 52.6 Å². The first-order valence-electron chi connectivity index (χ1n) is 9.22. The van der Waals surface area contributed by atoms with Crippen LogP contribution in [0.5, 0.6) is 0 Å². The van der Waals surface area contributed by atoms with Crippen molar-refractivity contribution in [1.29, 1.82) is 0 Å². The zero-order chi connectivity index (χ0) is 16.2. The number of carbonyl (C=O) groups is 2. The summed E-state index contributed by atoms with van der Waals surface area (Å²) in [4.78, 5) is 25.4. The lowest BCUT2D eigenvalue weighted by atomic mass is 9.49. The Hall–Kier alpha value is -0.900. The van der Waals surface area contributed by atoms with E-state index in [9.17, 15) is 9.59 Å². The minimum absolute atomic E-state index is 0.0258. The predicted octanol–water partition coefficient (Wildman–Crippen LogP) is 2.88. The van der Waals surface area contributed by atoms with Crippen LogP contribution >= 0.6 is 0 Å². The zero-order valence-electron chi connectivity index (χ0n) is 14.3. The SMILES string of the molecule is CC1(C)C2C(=O)CC[C@H]1C1OC(=O)C3CCC[C@@]4(C)CC2OC314. The Balaban J connectivity index is 1.75. The molecule has 0 radical (unpaired) electrons. The lowest BCUT2D eigenvalue weighted by Crippen LogP contribution is -2.61. The molecule has 3 aliphatic heterocycles. The number of ether oxygens (including phenoxy) is 2. The molecule has 0 aromatic heterocycles. The molecule has 0 amide bonds. The van der Waals surface area contributed by atoms with Crippen LogP contribution < -0.4 is 0 Å². The van der Waals surface area contributed by atoms with Gasteiger partial charge < -0.3 is 9.47 Å². The summed E-state index contributed by atoms with van der Waals surface area (Å²) in [6, 6.07) is 0. The molecule has 0 aromatic rings. The van der Waals surface area contributed by atoms with Crippen molar-refractivity contribution in [2.24, 2.45) is 28.6 Å². The third-order valence-electron chi connectivity index (χ3n) is 8.17. The highest BCUT2D eigenvalue weighted by molar-refractivity contribution is 5.84. The highest BCUT2D eigenvalue weighted by atomic mass is 16.6. The first kappa shape index (κ1) is 14.4. The summed E-state index contributed by atoms with van der Waals surface area (Å²) in [5, 5.41) is 0. The van der Waals surface area contributed by atoms with Gasteiger partial charge in [-0.25, -0.2) is 0 Å². The molecule has 2 aliphatic carbocycles. The van der Waals surface area contributed by atoms with Crippen molar-refractivity contribution >= 4 is 11.8 Å². The van der Waals surface area contributed by atoms with E-state index in [-0.39, 0.29) is 46.8 Å². The molecule has 126 valence electrons. The average Bonchev–Trinajstić information content (AvgIpc) is 2.89. The van der Waals surface area contributed by atoms with Gasteiger partial charge in [0.25, 0.3) is 0 Å². The fourth-order valence-corrected chi connectivity index (χ4v) is 7.21. The number of esters is 1. The number of hydrogen-bond acceptors (Lipinski definition) is 4. The van der Waals surface area contributed by atoms with E-state index < -0.39 is 5.60 Å². The molecular formula is C19H26O4. The van der Waals surface area contributed by atoms with Crippen LogP contribution in [0.3, 0.4) is 0 Å². The van der Waals surface area contributed by atoms with Crippen molar-refractivity contribution < 1.29 is 19.1 Å². The van der Waals surface area contributed by atoms with Crippen molar-refractivity contribution in [3.05, 3.63) is 0 Å².